The summed E-state index contributed by atoms with van der Waals surface area (Å²) in [6.07, 6.45) is 2.39. The Kier molecular flexibility index (Phi) is 7.69. The molecule has 9 heteroatoms. The highest BCUT2D eigenvalue weighted by molar-refractivity contribution is 6.03. The number of rotatable bonds is 9. The van der Waals surface area contributed by atoms with Gasteiger partial charge in [-0.3, -0.25) is 9.59 Å². The predicted octanol–water partition coefficient (Wildman–Crippen LogP) is 1.93. The first-order valence-electron chi connectivity index (χ1n) is 9.83. The van der Waals surface area contributed by atoms with Gasteiger partial charge in [0.05, 0.1) is 23.7 Å². The molecule has 2 rings (SSSR count). The van der Waals surface area contributed by atoms with E-state index in [2.05, 4.69) is 20.7 Å². The smallest absolute Gasteiger partial charge is 0.339 e. The van der Waals surface area contributed by atoms with Crippen LogP contribution in [0.5, 0.6) is 0 Å². The van der Waals surface area contributed by atoms with E-state index < -0.39 is 18.5 Å². The maximum Gasteiger partial charge on any atom is 0.339 e. The molecule has 0 aromatic carbocycles. The molecule has 0 saturated carbocycles. The van der Waals surface area contributed by atoms with Gasteiger partial charge in [-0.15, -0.1) is 0 Å². The van der Waals surface area contributed by atoms with Crippen LogP contribution in [0.4, 0.5) is 0 Å². The van der Waals surface area contributed by atoms with Gasteiger partial charge in [-0.25, -0.2) is 14.5 Å². The Morgan fingerprint density at radius 2 is 1.86 bits per heavy atom. The maximum absolute atomic E-state index is 12.7. The first-order chi connectivity index (χ1) is 13.7. The highest BCUT2D eigenvalue weighted by atomic mass is 16.5. The minimum atomic E-state index is -0.631. The van der Waals surface area contributed by atoms with Gasteiger partial charge in [-0.1, -0.05) is 20.8 Å². The fraction of sp³-hybridized carbons (Fsp3) is 0.550. The third kappa shape index (κ3) is 5.75. The molecule has 2 amide bonds. The Labute approximate surface area is 170 Å². The number of pyridine rings is 1. The number of hydrogen-bond acceptors (Lipinski definition) is 6. The third-order valence-electron chi connectivity index (χ3n) is 4.24. The first kappa shape index (κ1) is 22.3. The number of ether oxygens (including phenoxy) is 1. The number of nitrogens with one attached hydrogen (secondary N) is 2. The molecule has 0 unspecified atom stereocenters. The molecule has 0 spiro atoms. The quantitative estimate of drug-likeness (QED) is 0.618. The summed E-state index contributed by atoms with van der Waals surface area (Å²) in [5.74, 6) is -1.36. The van der Waals surface area contributed by atoms with Gasteiger partial charge < -0.3 is 15.4 Å². The Balaban J connectivity index is 2.10. The zero-order valence-corrected chi connectivity index (χ0v) is 17.6. The van der Waals surface area contributed by atoms with Crippen LogP contribution in [0.3, 0.4) is 0 Å². The van der Waals surface area contributed by atoms with E-state index in [1.165, 1.54) is 0 Å². The Morgan fingerprint density at radius 3 is 2.48 bits per heavy atom. The molecule has 0 aliphatic rings. The van der Waals surface area contributed by atoms with Gasteiger partial charge >= 0.3 is 5.97 Å². The monoisotopic (exact) mass is 403 g/mol. The second kappa shape index (κ2) is 9.99. The van der Waals surface area contributed by atoms with Crippen LogP contribution < -0.4 is 10.6 Å². The van der Waals surface area contributed by atoms with Crippen LogP contribution in [0.15, 0.2) is 12.3 Å². The lowest BCUT2D eigenvalue weighted by molar-refractivity contribution is -0.127. The maximum atomic E-state index is 12.7. The molecular weight excluding hydrogens is 374 g/mol. The van der Waals surface area contributed by atoms with Crippen LogP contribution in [-0.2, 0) is 14.3 Å². The average Bonchev–Trinajstić information content (AvgIpc) is 3.12. The van der Waals surface area contributed by atoms with Gasteiger partial charge in [-0.05, 0) is 32.3 Å². The summed E-state index contributed by atoms with van der Waals surface area (Å²) in [5.41, 5.74) is 1.66. The average molecular weight is 403 g/mol. The fourth-order valence-corrected chi connectivity index (χ4v) is 2.65. The minimum absolute atomic E-state index is 0.0796. The Morgan fingerprint density at radius 1 is 1.14 bits per heavy atom. The second-order valence-electron chi connectivity index (χ2n) is 7.37. The van der Waals surface area contributed by atoms with E-state index in [-0.39, 0.29) is 24.4 Å². The number of fused-ring (bicyclic) bond motifs is 1. The number of nitrogens with zero attached hydrogens (tertiary/aromatic N) is 3. The molecule has 29 heavy (non-hydrogen) atoms. The van der Waals surface area contributed by atoms with Crippen molar-refractivity contribution < 1.29 is 19.1 Å². The molecule has 0 bridgehead atoms. The van der Waals surface area contributed by atoms with Gasteiger partial charge in [-0.2, -0.15) is 5.10 Å². The lowest BCUT2D eigenvalue weighted by Gasteiger charge is -2.12. The lowest BCUT2D eigenvalue weighted by atomic mass is 10.1. The Hall–Kier alpha value is -2.97. The van der Waals surface area contributed by atoms with Crippen molar-refractivity contribution in [3.05, 3.63) is 23.5 Å². The second-order valence-corrected chi connectivity index (χ2v) is 7.37. The van der Waals surface area contributed by atoms with E-state index >= 15 is 0 Å². The summed E-state index contributed by atoms with van der Waals surface area (Å²) >= 11 is 0. The fourth-order valence-electron chi connectivity index (χ4n) is 2.65. The zero-order chi connectivity index (χ0) is 21.6. The molecule has 2 N–H and O–H groups in total. The van der Waals surface area contributed by atoms with Crippen LogP contribution >= 0.6 is 0 Å². The molecule has 0 aliphatic heterocycles. The minimum Gasteiger partial charge on any atom is -0.452 e. The van der Waals surface area contributed by atoms with E-state index in [1.54, 1.807) is 16.9 Å². The molecule has 158 valence electrons. The molecule has 0 saturated heterocycles. The van der Waals surface area contributed by atoms with Crippen molar-refractivity contribution in [3.63, 3.8) is 0 Å². The zero-order valence-electron chi connectivity index (χ0n) is 17.6. The number of amides is 2. The highest BCUT2D eigenvalue weighted by Crippen LogP contribution is 2.24. The van der Waals surface area contributed by atoms with E-state index in [0.717, 1.165) is 12.1 Å². The number of carbonyl (C=O) groups is 3. The van der Waals surface area contributed by atoms with E-state index in [1.807, 2.05) is 34.6 Å². The molecule has 0 radical (unpaired) electrons. The van der Waals surface area contributed by atoms with E-state index in [0.29, 0.717) is 23.1 Å². The molecule has 0 aliphatic carbocycles. The standard InChI is InChI=1S/C20H29N5O4/c1-6-7-21-17(26)10-22-18(27)11-29-20(28)14-8-16(12(2)3)24-19-15(14)9-23-25(19)13(4)5/h8-9,12-13H,6-7,10-11H2,1-5H3,(H,21,26)(H,22,27). The van der Waals surface area contributed by atoms with Crippen LogP contribution in [-0.4, -0.2) is 52.2 Å². The topological polar surface area (TPSA) is 115 Å². The normalized spacial score (nSPS) is 11.1. The summed E-state index contributed by atoms with van der Waals surface area (Å²) in [7, 11) is 0. The van der Waals surface area contributed by atoms with Gasteiger partial charge in [0.1, 0.15) is 0 Å². The van der Waals surface area contributed by atoms with Crippen molar-refractivity contribution in [2.45, 2.75) is 53.0 Å². The molecule has 2 heterocycles. The Bertz CT molecular complexity index is 888. The summed E-state index contributed by atoms with van der Waals surface area (Å²) in [6.45, 7) is 9.78. The molecule has 2 aromatic heterocycles. The highest BCUT2D eigenvalue weighted by Gasteiger charge is 2.20. The van der Waals surface area contributed by atoms with Crippen molar-refractivity contribution in [2.75, 3.05) is 19.7 Å². The van der Waals surface area contributed by atoms with Crippen molar-refractivity contribution in [3.8, 4) is 0 Å². The number of hydrogen-bond donors (Lipinski definition) is 2. The van der Waals surface area contributed by atoms with Crippen LogP contribution in [0.25, 0.3) is 11.0 Å². The summed E-state index contributed by atoms with van der Waals surface area (Å²) < 4.78 is 6.92. The van der Waals surface area contributed by atoms with Gasteiger partial charge in [0.25, 0.3) is 5.91 Å². The first-order valence-corrected chi connectivity index (χ1v) is 9.83. The largest absolute Gasteiger partial charge is 0.452 e. The summed E-state index contributed by atoms with van der Waals surface area (Å²) in [6, 6.07) is 1.76. The molecule has 2 aromatic rings. The van der Waals surface area contributed by atoms with Crippen molar-refractivity contribution in [2.24, 2.45) is 0 Å². The van der Waals surface area contributed by atoms with Crippen LogP contribution in [0.1, 0.15) is 69.1 Å². The van der Waals surface area contributed by atoms with Gasteiger partial charge in [0.15, 0.2) is 12.3 Å². The number of esters is 1. The summed E-state index contributed by atoms with van der Waals surface area (Å²) in [4.78, 5) is 40.7. The molecule has 9 nitrogen and oxygen atoms in total. The number of carbonyl (C=O) groups excluding carboxylic acids is 3. The van der Waals surface area contributed by atoms with Crippen molar-refractivity contribution in [1.82, 2.24) is 25.4 Å². The van der Waals surface area contributed by atoms with E-state index in [4.69, 9.17) is 4.74 Å². The number of aromatic nitrogens is 3. The predicted molar refractivity (Wildman–Crippen MR) is 109 cm³/mol. The molecular formula is C20H29N5O4. The van der Waals surface area contributed by atoms with Crippen molar-refractivity contribution in [1.29, 1.82) is 0 Å². The van der Waals surface area contributed by atoms with Gasteiger partial charge in [0, 0.05) is 18.3 Å². The van der Waals surface area contributed by atoms with Crippen LogP contribution in [0, 0.1) is 0 Å². The van der Waals surface area contributed by atoms with Crippen LogP contribution in [0.2, 0.25) is 0 Å². The molecule has 0 fully saturated rings. The third-order valence-corrected chi connectivity index (χ3v) is 4.24. The lowest BCUT2D eigenvalue weighted by Crippen LogP contribution is -2.38. The SMILES string of the molecule is CCCNC(=O)CNC(=O)COC(=O)c1cc(C(C)C)nc2c1cnn2C(C)C. The van der Waals surface area contributed by atoms with E-state index in [9.17, 15) is 14.4 Å². The molecule has 0 atom stereocenters. The summed E-state index contributed by atoms with van der Waals surface area (Å²) in [5, 5.41) is 9.98. The van der Waals surface area contributed by atoms with Gasteiger partial charge in [0.2, 0.25) is 5.91 Å². The van der Waals surface area contributed by atoms with Crippen molar-refractivity contribution >= 4 is 28.8 Å².